The van der Waals surface area contributed by atoms with E-state index in [4.69, 9.17) is 5.26 Å². The third kappa shape index (κ3) is 4.28. The Labute approximate surface area is 89.5 Å². The second-order valence-electron chi connectivity index (χ2n) is 3.94. The van der Waals surface area contributed by atoms with Gasteiger partial charge in [0.2, 0.25) is 5.91 Å². The second-order valence-corrected chi connectivity index (χ2v) is 3.94. The molecule has 3 N–H and O–H groups in total. The standard InChI is InChI=1S/C10H17N3O2/c11-5-2-6-13-9(14)7-12-8-10(15)3-1-4-10/h12,15H,1-4,6-8H2,(H,13,14). The van der Waals surface area contributed by atoms with Gasteiger partial charge in [-0.15, -0.1) is 0 Å². The Morgan fingerprint density at radius 3 is 2.80 bits per heavy atom. The summed E-state index contributed by atoms with van der Waals surface area (Å²) >= 11 is 0. The number of nitrogens with zero attached hydrogens (tertiary/aromatic N) is 1. The number of rotatable bonds is 6. The Morgan fingerprint density at radius 2 is 2.27 bits per heavy atom. The van der Waals surface area contributed by atoms with Crippen LogP contribution in [0.1, 0.15) is 25.7 Å². The summed E-state index contributed by atoms with van der Waals surface area (Å²) in [5.74, 6) is -0.131. The molecule has 1 aliphatic carbocycles. The molecule has 0 heterocycles. The van der Waals surface area contributed by atoms with E-state index >= 15 is 0 Å². The summed E-state index contributed by atoms with van der Waals surface area (Å²) in [6, 6.07) is 1.95. The Hall–Kier alpha value is -1.12. The molecule has 0 unspecified atom stereocenters. The van der Waals surface area contributed by atoms with Gasteiger partial charge in [-0.3, -0.25) is 4.79 Å². The van der Waals surface area contributed by atoms with Crippen molar-refractivity contribution in [3.63, 3.8) is 0 Å². The smallest absolute Gasteiger partial charge is 0.233 e. The van der Waals surface area contributed by atoms with Crippen molar-refractivity contribution in [1.82, 2.24) is 10.6 Å². The first-order valence-electron chi connectivity index (χ1n) is 5.23. The van der Waals surface area contributed by atoms with Crippen LogP contribution in [0.4, 0.5) is 0 Å². The van der Waals surface area contributed by atoms with Gasteiger partial charge in [0.25, 0.3) is 0 Å². The minimum Gasteiger partial charge on any atom is -0.389 e. The first-order chi connectivity index (χ1) is 7.16. The van der Waals surface area contributed by atoms with Crippen molar-refractivity contribution in [2.45, 2.75) is 31.3 Å². The van der Waals surface area contributed by atoms with Gasteiger partial charge in [-0.25, -0.2) is 0 Å². The Balaban J connectivity index is 1.99. The van der Waals surface area contributed by atoms with Gasteiger partial charge in [-0.2, -0.15) is 5.26 Å². The summed E-state index contributed by atoms with van der Waals surface area (Å²) in [6.45, 7) is 1.06. The number of hydrogen-bond donors (Lipinski definition) is 3. The Kier molecular flexibility index (Phi) is 4.53. The third-order valence-corrected chi connectivity index (χ3v) is 2.58. The first-order valence-corrected chi connectivity index (χ1v) is 5.23. The van der Waals surface area contributed by atoms with Crippen molar-refractivity contribution in [3.05, 3.63) is 0 Å². The lowest BCUT2D eigenvalue weighted by molar-refractivity contribution is -0.120. The minimum atomic E-state index is -0.590. The normalized spacial score (nSPS) is 17.6. The van der Waals surface area contributed by atoms with Gasteiger partial charge in [-0.1, -0.05) is 0 Å². The highest BCUT2D eigenvalue weighted by Crippen LogP contribution is 2.30. The zero-order valence-corrected chi connectivity index (χ0v) is 8.75. The van der Waals surface area contributed by atoms with E-state index in [1.165, 1.54) is 0 Å². The molecule has 0 radical (unpaired) electrons. The molecule has 1 rings (SSSR count). The van der Waals surface area contributed by atoms with Crippen LogP contribution >= 0.6 is 0 Å². The topological polar surface area (TPSA) is 85.2 Å². The quantitative estimate of drug-likeness (QED) is 0.518. The molecule has 0 atom stereocenters. The number of carbonyl (C=O) groups is 1. The lowest BCUT2D eigenvalue weighted by Crippen LogP contribution is -2.48. The van der Waals surface area contributed by atoms with E-state index in [0.29, 0.717) is 19.5 Å². The number of hydrogen-bond acceptors (Lipinski definition) is 4. The van der Waals surface area contributed by atoms with E-state index in [1.54, 1.807) is 0 Å². The minimum absolute atomic E-state index is 0.131. The van der Waals surface area contributed by atoms with Crippen molar-refractivity contribution < 1.29 is 9.90 Å². The molecular weight excluding hydrogens is 194 g/mol. The molecule has 15 heavy (non-hydrogen) atoms. The van der Waals surface area contributed by atoms with Crippen LogP contribution in [-0.2, 0) is 4.79 Å². The second kappa shape index (κ2) is 5.69. The molecule has 0 aromatic carbocycles. The average molecular weight is 211 g/mol. The molecule has 0 aromatic rings. The fourth-order valence-corrected chi connectivity index (χ4v) is 1.49. The SMILES string of the molecule is N#CCCNC(=O)CNCC1(O)CCC1. The van der Waals surface area contributed by atoms with Crippen molar-refractivity contribution in [1.29, 1.82) is 5.26 Å². The van der Waals surface area contributed by atoms with Crippen LogP contribution in [0.2, 0.25) is 0 Å². The largest absolute Gasteiger partial charge is 0.389 e. The van der Waals surface area contributed by atoms with Crippen molar-refractivity contribution in [2.24, 2.45) is 0 Å². The lowest BCUT2D eigenvalue weighted by atomic mass is 9.80. The van der Waals surface area contributed by atoms with Crippen molar-refractivity contribution in [2.75, 3.05) is 19.6 Å². The van der Waals surface area contributed by atoms with Crippen LogP contribution < -0.4 is 10.6 Å². The maximum absolute atomic E-state index is 11.1. The fourth-order valence-electron chi connectivity index (χ4n) is 1.49. The molecule has 5 nitrogen and oxygen atoms in total. The Morgan fingerprint density at radius 1 is 1.53 bits per heavy atom. The summed E-state index contributed by atoms with van der Waals surface area (Å²) < 4.78 is 0. The highest BCUT2D eigenvalue weighted by molar-refractivity contribution is 5.77. The Bertz CT molecular complexity index is 256. The molecule has 84 valence electrons. The van der Waals surface area contributed by atoms with Crippen molar-refractivity contribution in [3.8, 4) is 6.07 Å². The highest BCUT2D eigenvalue weighted by atomic mass is 16.3. The van der Waals surface area contributed by atoms with Crippen LogP contribution in [0.5, 0.6) is 0 Å². The summed E-state index contributed by atoms with van der Waals surface area (Å²) in [5.41, 5.74) is -0.590. The maximum Gasteiger partial charge on any atom is 0.233 e. The number of nitrogens with one attached hydrogen (secondary N) is 2. The molecule has 0 aromatic heterocycles. The molecule has 1 amide bonds. The third-order valence-electron chi connectivity index (χ3n) is 2.58. The van der Waals surface area contributed by atoms with E-state index in [1.807, 2.05) is 6.07 Å². The first kappa shape index (κ1) is 12.0. The van der Waals surface area contributed by atoms with Gasteiger partial charge >= 0.3 is 0 Å². The van der Waals surface area contributed by atoms with E-state index in [0.717, 1.165) is 19.3 Å². The van der Waals surface area contributed by atoms with Crippen LogP contribution in [0.25, 0.3) is 0 Å². The maximum atomic E-state index is 11.1. The molecule has 5 heteroatoms. The number of nitriles is 1. The molecule has 0 bridgehead atoms. The van der Waals surface area contributed by atoms with Crippen molar-refractivity contribution >= 4 is 5.91 Å². The average Bonchev–Trinajstić information content (AvgIpc) is 2.16. The summed E-state index contributed by atoms with van der Waals surface area (Å²) in [7, 11) is 0. The van der Waals surface area contributed by atoms with Crippen LogP contribution in [0.15, 0.2) is 0 Å². The molecule has 1 fully saturated rings. The molecule has 0 spiro atoms. The van der Waals surface area contributed by atoms with Gasteiger partial charge in [-0.05, 0) is 19.3 Å². The van der Waals surface area contributed by atoms with E-state index in [-0.39, 0.29) is 12.5 Å². The summed E-state index contributed by atoms with van der Waals surface area (Å²) in [4.78, 5) is 11.1. The zero-order chi connectivity index (χ0) is 11.1. The predicted molar refractivity (Wildman–Crippen MR) is 54.9 cm³/mol. The molecule has 1 saturated carbocycles. The summed E-state index contributed by atoms with van der Waals surface area (Å²) in [6.07, 6.45) is 3.02. The number of carbonyl (C=O) groups excluding carboxylic acids is 1. The molecule has 0 saturated heterocycles. The van der Waals surface area contributed by atoms with Crippen LogP contribution in [-0.4, -0.2) is 36.2 Å². The molecule has 0 aliphatic heterocycles. The number of aliphatic hydroxyl groups is 1. The van der Waals surface area contributed by atoms with Crippen LogP contribution in [0, 0.1) is 11.3 Å². The predicted octanol–water partition coefficient (Wildman–Crippen LogP) is -0.479. The molecular formula is C10H17N3O2. The van der Waals surface area contributed by atoms with E-state index < -0.39 is 5.60 Å². The van der Waals surface area contributed by atoms with Gasteiger partial charge in [0.1, 0.15) is 0 Å². The summed E-state index contributed by atoms with van der Waals surface area (Å²) in [5, 5.41) is 23.5. The number of amides is 1. The van der Waals surface area contributed by atoms with E-state index in [9.17, 15) is 9.90 Å². The van der Waals surface area contributed by atoms with Gasteiger partial charge in [0, 0.05) is 13.1 Å². The van der Waals surface area contributed by atoms with Crippen LogP contribution in [0.3, 0.4) is 0 Å². The van der Waals surface area contributed by atoms with Gasteiger partial charge in [0.05, 0.1) is 24.6 Å². The fraction of sp³-hybridized carbons (Fsp3) is 0.800. The monoisotopic (exact) mass is 211 g/mol. The zero-order valence-electron chi connectivity index (χ0n) is 8.75. The van der Waals surface area contributed by atoms with Gasteiger partial charge in [0.15, 0.2) is 0 Å². The lowest BCUT2D eigenvalue weighted by Gasteiger charge is -2.36. The van der Waals surface area contributed by atoms with E-state index in [2.05, 4.69) is 10.6 Å². The molecule has 1 aliphatic rings. The highest BCUT2D eigenvalue weighted by Gasteiger charge is 2.33. The van der Waals surface area contributed by atoms with Gasteiger partial charge < -0.3 is 15.7 Å².